The summed E-state index contributed by atoms with van der Waals surface area (Å²) in [6.07, 6.45) is 0. The second kappa shape index (κ2) is 8.49. The molecule has 0 atom stereocenters. The second-order valence-electron chi connectivity index (χ2n) is 5.19. The van der Waals surface area contributed by atoms with Crippen molar-refractivity contribution in [3.8, 4) is 10.6 Å². The lowest BCUT2D eigenvalue weighted by Gasteiger charge is -2.07. The van der Waals surface area contributed by atoms with Crippen molar-refractivity contribution in [2.24, 2.45) is 0 Å². The van der Waals surface area contributed by atoms with Crippen LogP contribution in [0.25, 0.3) is 20.8 Å². The normalized spacial score (nSPS) is 10.7. The zero-order valence-corrected chi connectivity index (χ0v) is 15.3. The van der Waals surface area contributed by atoms with E-state index in [2.05, 4.69) is 60.4 Å². The van der Waals surface area contributed by atoms with E-state index < -0.39 is 7.25 Å². The molecule has 1 aliphatic carbocycles. The van der Waals surface area contributed by atoms with Crippen molar-refractivity contribution in [1.29, 1.82) is 0 Å². The molecule has 1 aromatic carbocycles. The average molecular weight is 393 g/mol. The van der Waals surface area contributed by atoms with Crippen LogP contribution in [0.15, 0.2) is 36.4 Å². The van der Waals surface area contributed by atoms with Crippen LogP contribution in [0.2, 0.25) is 0 Å². The number of aromatic nitrogens is 1. The van der Waals surface area contributed by atoms with Gasteiger partial charge in [-0.05, 0) is 24.3 Å². The van der Waals surface area contributed by atoms with Gasteiger partial charge in [0.1, 0.15) is 14.1 Å². The Morgan fingerprint density at radius 3 is 2.24 bits per heavy atom. The van der Waals surface area contributed by atoms with Gasteiger partial charge in [-0.2, -0.15) is 0 Å². The lowest BCUT2D eigenvalue weighted by Crippen LogP contribution is -3.00. The Labute approximate surface area is 152 Å². The first-order valence-corrected chi connectivity index (χ1v) is 7.89. The van der Waals surface area contributed by atoms with Gasteiger partial charge in [0.15, 0.2) is 0 Å². The summed E-state index contributed by atoms with van der Waals surface area (Å²) in [7, 11) is 0.0449. The maximum Gasteiger partial charge on any atom is 0.673 e. The Hall–Kier alpha value is -1.87. The average Bonchev–Trinajstić information content (AvgIpc) is 2.50. The molecule has 1 aliphatic heterocycles. The summed E-state index contributed by atoms with van der Waals surface area (Å²) in [5, 5.41) is 4.37. The van der Waals surface area contributed by atoms with E-state index in [0.29, 0.717) is 0 Å². The predicted octanol–water partition coefficient (Wildman–Crippen LogP) is 0.779. The third-order valence-corrected chi connectivity index (χ3v) is 4.26. The molecule has 0 spiro atoms. The first-order chi connectivity index (χ1) is 11.2. The molecule has 0 radical (unpaired) electrons. The van der Waals surface area contributed by atoms with Crippen molar-refractivity contribution in [2.75, 3.05) is 26.5 Å². The van der Waals surface area contributed by atoms with Gasteiger partial charge >= 0.3 is 7.25 Å². The molecule has 2 aliphatic rings. The van der Waals surface area contributed by atoms with Crippen LogP contribution in [0.3, 0.4) is 0 Å². The molecule has 1 N–H and O–H groups in total. The van der Waals surface area contributed by atoms with Crippen molar-refractivity contribution in [3.05, 3.63) is 41.8 Å². The Balaban J connectivity index is 0.000000462. The van der Waals surface area contributed by atoms with Gasteiger partial charge in [0.2, 0.25) is 5.36 Å². The molecule has 1 heterocycles. The van der Waals surface area contributed by atoms with Gasteiger partial charge in [-0.15, -0.1) is 11.3 Å². The highest BCUT2D eigenvalue weighted by atomic mass is 35.5. The molecule has 1 aromatic rings. The highest BCUT2D eigenvalue weighted by Gasteiger charge is 2.20. The highest BCUT2D eigenvalue weighted by Crippen LogP contribution is 2.30. The van der Waals surface area contributed by atoms with Gasteiger partial charge in [0.05, 0.1) is 20.8 Å². The molecule has 3 nitrogen and oxygen atoms in total. The molecule has 0 amide bonds. The molecular formula is C15H16BClF4N3S-. The smallest absolute Gasteiger partial charge is 0.673 e. The van der Waals surface area contributed by atoms with Crippen molar-refractivity contribution >= 4 is 34.5 Å². The molecule has 0 unspecified atom stereocenters. The Kier molecular flexibility index (Phi) is 7.19. The monoisotopic (exact) mass is 392 g/mol. The summed E-state index contributed by atoms with van der Waals surface area (Å²) in [6, 6.07) is 12.7. The van der Waals surface area contributed by atoms with E-state index in [4.69, 9.17) is 4.98 Å². The van der Waals surface area contributed by atoms with E-state index in [1.165, 1.54) is 14.9 Å². The molecular weight excluding hydrogens is 377 g/mol. The van der Waals surface area contributed by atoms with E-state index >= 15 is 0 Å². The van der Waals surface area contributed by atoms with Gasteiger partial charge in [-0.1, -0.05) is 0 Å². The molecule has 0 aromatic heterocycles. The fourth-order valence-electron chi connectivity index (χ4n) is 2.05. The van der Waals surface area contributed by atoms with E-state index in [1.54, 1.807) is 11.3 Å². The fraction of sp³-hybridized carbons (Fsp3) is 0.200. The molecule has 10 heteroatoms. The van der Waals surface area contributed by atoms with Gasteiger partial charge in [-0.25, -0.2) is 9.56 Å². The Bertz CT molecular complexity index is 888. The Morgan fingerprint density at radius 1 is 1.04 bits per heavy atom. The Morgan fingerprint density at radius 2 is 1.68 bits per heavy atom. The topological polar surface area (TPSA) is 27.9 Å². The maximum absolute atomic E-state index is 9.75. The lowest BCUT2D eigenvalue weighted by atomic mass is 10.2. The van der Waals surface area contributed by atoms with E-state index in [9.17, 15) is 17.3 Å². The summed E-state index contributed by atoms with van der Waals surface area (Å²) < 4.78 is 42.3. The SMILES string of the molecule is CNc1ccc2nc3ccc(=[N+](C)C)cc-3sc2c1.F[B-](F)(F)F.[Cl-]. The van der Waals surface area contributed by atoms with Gasteiger partial charge in [-0.3, -0.25) is 0 Å². The molecule has 3 rings (SSSR count). The van der Waals surface area contributed by atoms with Gasteiger partial charge in [0.25, 0.3) is 0 Å². The molecule has 25 heavy (non-hydrogen) atoms. The predicted molar refractivity (Wildman–Crippen MR) is 93.1 cm³/mol. The van der Waals surface area contributed by atoms with E-state index in [1.807, 2.05) is 7.05 Å². The first kappa shape index (κ1) is 21.2. The third-order valence-electron chi connectivity index (χ3n) is 3.17. The van der Waals surface area contributed by atoms with Crippen molar-refractivity contribution < 1.29 is 29.7 Å². The van der Waals surface area contributed by atoms with Gasteiger partial charge < -0.3 is 35.0 Å². The second-order valence-corrected chi connectivity index (χ2v) is 6.27. The summed E-state index contributed by atoms with van der Waals surface area (Å²) in [6.45, 7) is 0. The number of nitrogens with zero attached hydrogens (tertiary/aromatic N) is 2. The molecule has 0 bridgehead atoms. The fourth-order valence-corrected chi connectivity index (χ4v) is 3.09. The number of nitrogens with one attached hydrogen (secondary N) is 1. The minimum absolute atomic E-state index is 0. The van der Waals surface area contributed by atoms with Crippen LogP contribution in [0.1, 0.15) is 0 Å². The molecule has 0 saturated heterocycles. The van der Waals surface area contributed by atoms with Crippen molar-refractivity contribution in [3.63, 3.8) is 0 Å². The number of benzene rings is 2. The van der Waals surface area contributed by atoms with Crippen LogP contribution >= 0.6 is 11.3 Å². The summed E-state index contributed by atoms with van der Waals surface area (Å²) in [5.41, 5.74) is 3.23. The van der Waals surface area contributed by atoms with E-state index in [-0.39, 0.29) is 12.4 Å². The number of halogens is 5. The van der Waals surface area contributed by atoms with Crippen LogP contribution in [0.4, 0.5) is 23.0 Å². The first-order valence-electron chi connectivity index (χ1n) is 7.07. The quantitative estimate of drug-likeness (QED) is 0.287. The van der Waals surface area contributed by atoms with Crippen LogP contribution in [0, 0.1) is 0 Å². The van der Waals surface area contributed by atoms with Crippen molar-refractivity contribution in [2.45, 2.75) is 0 Å². The zero-order valence-electron chi connectivity index (χ0n) is 13.7. The summed E-state index contributed by atoms with van der Waals surface area (Å²) in [5.74, 6) is 0. The van der Waals surface area contributed by atoms with Crippen LogP contribution in [0.5, 0.6) is 0 Å². The maximum atomic E-state index is 9.75. The zero-order chi connectivity index (χ0) is 17.9. The van der Waals surface area contributed by atoms with Crippen molar-refractivity contribution in [1.82, 2.24) is 9.56 Å². The summed E-state index contributed by atoms with van der Waals surface area (Å²) in [4.78, 5) is 5.93. The number of fused-ring (bicyclic) bond motifs is 2. The molecule has 0 fully saturated rings. The minimum atomic E-state index is -6.00. The largest absolute Gasteiger partial charge is 1.00 e. The lowest BCUT2D eigenvalue weighted by molar-refractivity contribution is -0.0000105. The van der Waals surface area contributed by atoms with Crippen LogP contribution < -0.4 is 27.7 Å². The number of hydrogen-bond acceptors (Lipinski definition) is 3. The molecule has 136 valence electrons. The van der Waals surface area contributed by atoms with Crippen LogP contribution in [-0.4, -0.2) is 33.4 Å². The van der Waals surface area contributed by atoms with Gasteiger partial charge in [0, 0.05) is 24.9 Å². The number of rotatable bonds is 1. The van der Waals surface area contributed by atoms with E-state index in [0.717, 1.165) is 16.9 Å². The summed E-state index contributed by atoms with van der Waals surface area (Å²) >= 11 is 1.78. The number of anilines is 1. The standard InChI is InChI=1S/C15H15N3S.BF4.ClH/c1-16-10-4-6-12-14(8-10)19-15-9-11(18(2)3)5-7-13(15)17-12;2-1(3,4)5;/h4-9H,1-3H3;;1H/q;-1;. The van der Waals surface area contributed by atoms with Crippen LogP contribution in [-0.2, 0) is 0 Å². The minimum Gasteiger partial charge on any atom is -1.00 e. The third kappa shape index (κ3) is 6.17. The number of hydrogen-bond donors (Lipinski definition) is 1. The molecule has 0 saturated carbocycles. The highest BCUT2D eigenvalue weighted by molar-refractivity contribution is 7.21.